The molecule has 0 aromatic carbocycles. The molecule has 0 saturated carbocycles. The normalized spacial score (nSPS) is 10.9. The van der Waals surface area contributed by atoms with Crippen LogP contribution in [0.4, 0.5) is 5.69 Å². The van der Waals surface area contributed by atoms with E-state index in [0.29, 0.717) is 11.0 Å². The van der Waals surface area contributed by atoms with Crippen molar-refractivity contribution in [2.24, 2.45) is 0 Å². The molecule has 5 nitrogen and oxygen atoms in total. The Morgan fingerprint density at radius 2 is 2.24 bits per heavy atom. The van der Waals surface area contributed by atoms with E-state index in [9.17, 15) is 4.79 Å². The van der Waals surface area contributed by atoms with Gasteiger partial charge in [-0.3, -0.25) is 4.79 Å². The van der Waals surface area contributed by atoms with Crippen LogP contribution in [0.1, 0.15) is 13.3 Å². The number of halogens is 1. The highest BCUT2D eigenvalue weighted by molar-refractivity contribution is 9.10. The molecule has 1 heterocycles. The van der Waals surface area contributed by atoms with E-state index in [1.807, 2.05) is 21.0 Å². The van der Waals surface area contributed by atoms with Crippen molar-refractivity contribution in [2.75, 3.05) is 32.5 Å². The number of nitrogens with one attached hydrogen (secondary N) is 1. The van der Waals surface area contributed by atoms with Gasteiger partial charge in [0.25, 0.3) is 5.56 Å². The quantitative estimate of drug-likeness (QED) is 0.807. The van der Waals surface area contributed by atoms with Crippen molar-refractivity contribution in [2.45, 2.75) is 19.9 Å². The third kappa shape index (κ3) is 4.12. The van der Waals surface area contributed by atoms with Crippen LogP contribution < -0.4 is 10.9 Å². The van der Waals surface area contributed by atoms with Crippen LogP contribution in [0.3, 0.4) is 0 Å². The first kappa shape index (κ1) is 14.2. The maximum atomic E-state index is 11.8. The molecule has 96 valence electrons. The molecular formula is C11H19BrN4O. The molecule has 0 radical (unpaired) electrons. The van der Waals surface area contributed by atoms with Gasteiger partial charge in [0, 0.05) is 13.1 Å². The summed E-state index contributed by atoms with van der Waals surface area (Å²) in [6, 6.07) is 0. The minimum Gasteiger partial charge on any atom is -0.383 e. The minimum absolute atomic E-state index is 0.0925. The van der Waals surface area contributed by atoms with Crippen LogP contribution in [-0.2, 0) is 6.54 Å². The van der Waals surface area contributed by atoms with E-state index in [1.165, 1.54) is 4.68 Å². The van der Waals surface area contributed by atoms with Gasteiger partial charge in [0.2, 0.25) is 0 Å². The van der Waals surface area contributed by atoms with Crippen molar-refractivity contribution in [3.05, 3.63) is 21.0 Å². The lowest BCUT2D eigenvalue weighted by Gasteiger charge is -2.11. The maximum absolute atomic E-state index is 11.8. The number of aryl methyl sites for hydroxylation is 1. The van der Waals surface area contributed by atoms with Crippen LogP contribution in [0.15, 0.2) is 15.5 Å². The lowest BCUT2D eigenvalue weighted by Crippen LogP contribution is -2.24. The molecule has 0 aliphatic carbocycles. The summed E-state index contributed by atoms with van der Waals surface area (Å²) in [6.07, 6.45) is 2.71. The second kappa shape index (κ2) is 6.76. The summed E-state index contributed by atoms with van der Waals surface area (Å²) in [6.45, 7) is 4.32. The first-order valence-electron chi connectivity index (χ1n) is 5.70. The zero-order valence-corrected chi connectivity index (χ0v) is 12.1. The van der Waals surface area contributed by atoms with Gasteiger partial charge >= 0.3 is 0 Å². The number of nitrogens with zero attached hydrogens (tertiary/aromatic N) is 3. The summed E-state index contributed by atoms with van der Waals surface area (Å²) in [7, 11) is 4.08. The lowest BCUT2D eigenvalue weighted by molar-refractivity contribution is 0.405. The predicted octanol–water partition coefficient (Wildman–Crippen LogP) is 1.39. The summed E-state index contributed by atoms with van der Waals surface area (Å²) in [5.74, 6) is 0. The molecule has 6 heteroatoms. The van der Waals surface area contributed by atoms with Gasteiger partial charge in [0.15, 0.2) is 0 Å². The molecule has 0 bridgehead atoms. The number of hydrogen-bond acceptors (Lipinski definition) is 4. The minimum atomic E-state index is -0.0925. The van der Waals surface area contributed by atoms with Gasteiger partial charge in [-0.15, -0.1) is 0 Å². The molecule has 0 aliphatic rings. The molecule has 1 aromatic heterocycles. The van der Waals surface area contributed by atoms with E-state index in [0.717, 1.165) is 25.2 Å². The summed E-state index contributed by atoms with van der Waals surface area (Å²) in [5.41, 5.74) is 0.670. The Morgan fingerprint density at radius 3 is 2.82 bits per heavy atom. The topological polar surface area (TPSA) is 50.2 Å². The first-order valence-corrected chi connectivity index (χ1v) is 6.49. The molecule has 0 amide bonds. The SMILES string of the molecule is CCn1ncc(NCCCN(C)C)c(Br)c1=O. The molecule has 1 N–H and O–H groups in total. The molecule has 0 atom stereocenters. The van der Waals surface area contributed by atoms with Gasteiger partial charge in [-0.25, -0.2) is 4.68 Å². The molecule has 17 heavy (non-hydrogen) atoms. The van der Waals surface area contributed by atoms with E-state index in [2.05, 4.69) is 31.2 Å². The van der Waals surface area contributed by atoms with Crippen LogP contribution in [0, 0.1) is 0 Å². The summed E-state index contributed by atoms with van der Waals surface area (Å²) in [4.78, 5) is 13.9. The van der Waals surface area contributed by atoms with Crippen LogP contribution in [0.5, 0.6) is 0 Å². The van der Waals surface area contributed by atoms with E-state index < -0.39 is 0 Å². The summed E-state index contributed by atoms with van der Waals surface area (Å²) >= 11 is 3.31. The van der Waals surface area contributed by atoms with E-state index in [4.69, 9.17) is 0 Å². The average Bonchev–Trinajstić information content (AvgIpc) is 2.29. The average molecular weight is 303 g/mol. The fraction of sp³-hybridized carbons (Fsp3) is 0.636. The van der Waals surface area contributed by atoms with E-state index >= 15 is 0 Å². The van der Waals surface area contributed by atoms with Crippen molar-refractivity contribution >= 4 is 21.6 Å². The Balaban J connectivity index is 2.61. The third-order valence-corrected chi connectivity index (χ3v) is 3.15. The fourth-order valence-electron chi connectivity index (χ4n) is 1.43. The monoisotopic (exact) mass is 302 g/mol. The van der Waals surface area contributed by atoms with Gasteiger partial charge in [0.05, 0.1) is 11.9 Å². The van der Waals surface area contributed by atoms with Gasteiger partial charge in [-0.05, 0) is 49.9 Å². The van der Waals surface area contributed by atoms with Crippen molar-refractivity contribution in [3.8, 4) is 0 Å². The number of anilines is 1. The lowest BCUT2D eigenvalue weighted by atomic mass is 10.3. The number of aromatic nitrogens is 2. The van der Waals surface area contributed by atoms with Crippen LogP contribution in [-0.4, -0.2) is 41.9 Å². The van der Waals surface area contributed by atoms with Crippen molar-refractivity contribution in [3.63, 3.8) is 0 Å². The highest BCUT2D eigenvalue weighted by atomic mass is 79.9. The zero-order valence-electron chi connectivity index (χ0n) is 10.5. The van der Waals surface area contributed by atoms with E-state index in [1.54, 1.807) is 6.20 Å². The second-order valence-electron chi connectivity index (χ2n) is 4.08. The fourth-order valence-corrected chi connectivity index (χ4v) is 1.88. The largest absolute Gasteiger partial charge is 0.383 e. The first-order chi connectivity index (χ1) is 8.06. The maximum Gasteiger partial charge on any atom is 0.283 e. The third-order valence-electron chi connectivity index (χ3n) is 2.38. The number of rotatable bonds is 6. The van der Waals surface area contributed by atoms with Crippen LogP contribution in [0.2, 0.25) is 0 Å². The van der Waals surface area contributed by atoms with Gasteiger partial charge in [0.1, 0.15) is 4.47 Å². The molecule has 0 spiro atoms. The highest BCUT2D eigenvalue weighted by Gasteiger charge is 2.06. The molecule has 1 aromatic rings. The van der Waals surface area contributed by atoms with Crippen molar-refractivity contribution in [1.29, 1.82) is 0 Å². The Bertz CT molecular complexity index is 416. The van der Waals surface area contributed by atoms with Crippen molar-refractivity contribution in [1.82, 2.24) is 14.7 Å². The molecule has 0 fully saturated rings. The summed E-state index contributed by atoms with van der Waals surface area (Å²) < 4.78 is 1.98. The Labute approximate surface area is 110 Å². The highest BCUT2D eigenvalue weighted by Crippen LogP contribution is 2.15. The van der Waals surface area contributed by atoms with Crippen molar-refractivity contribution < 1.29 is 0 Å². The van der Waals surface area contributed by atoms with Gasteiger partial charge < -0.3 is 10.2 Å². The Hall–Kier alpha value is -0.880. The van der Waals surface area contributed by atoms with Gasteiger partial charge in [-0.2, -0.15) is 5.10 Å². The van der Waals surface area contributed by atoms with Crippen LogP contribution >= 0.6 is 15.9 Å². The molecule has 0 aliphatic heterocycles. The standard InChI is InChI=1S/C11H19BrN4O/c1-4-16-11(17)10(12)9(8-14-16)13-6-5-7-15(2)3/h8,13H,4-7H2,1-3H3. The molecular weight excluding hydrogens is 284 g/mol. The summed E-state index contributed by atoms with van der Waals surface area (Å²) in [5, 5.41) is 7.28. The molecule has 1 rings (SSSR count). The predicted molar refractivity (Wildman–Crippen MR) is 73.5 cm³/mol. The second-order valence-corrected chi connectivity index (χ2v) is 4.87. The Morgan fingerprint density at radius 1 is 1.53 bits per heavy atom. The van der Waals surface area contributed by atoms with Gasteiger partial charge in [-0.1, -0.05) is 0 Å². The van der Waals surface area contributed by atoms with E-state index in [-0.39, 0.29) is 5.56 Å². The van der Waals surface area contributed by atoms with Crippen LogP contribution in [0.25, 0.3) is 0 Å². The molecule has 0 unspecified atom stereocenters. The zero-order chi connectivity index (χ0) is 12.8. The number of hydrogen-bond donors (Lipinski definition) is 1. The molecule has 0 saturated heterocycles. The Kier molecular flexibility index (Phi) is 5.64. The smallest absolute Gasteiger partial charge is 0.283 e.